The van der Waals surface area contributed by atoms with Gasteiger partial charge in [0.25, 0.3) is 0 Å². The molecule has 2 aromatic rings. The normalized spacial score (nSPS) is 18.3. The molecule has 0 bridgehead atoms. The van der Waals surface area contributed by atoms with Crippen molar-refractivity contribution < 1.29 is 0 Å². The average Bonchev–Trinajstić information content (AvgIpc) is 2.98. The predicted molar refractivity (Wildman–Crippen MR) is 109 cm³/mol. The fraction of sp³-hybridized carbons (Fsp3) is 0.350. The van der Waals surface area contributed by atoms with Gasteiger partial charge in [-0.15, -0.1) is 0 Å². The Morgan fingerprint density at radius 1 is 1.42 bits per heavy atom. The van der Waals surface area contributed by atoms with E-state index in [9.17, 15) is 0 Å². The molecule has 1 aliphatic rings. The quantitative estimate of drug-likeness (QED) is 0.548. The van der Waals surface area contributed by atoms with Crippen molar-refractivity contribution in [2.45, 2.75) is 25.8 Å². The summed E-state index contributed by atoms with van der Waals surface area (Å²) >= 11 is 0. The van der Waals surface area contributed by atoms with E-state index >= 15 is 0 Å². The summed E-state index contributed by atoms with van der Waals surface area (Å²) in [6, 6.07) is 8.68. The number of likely N-dealkylation sites (tertiary alicyclic amines) is 1. The van der Waals surface area contributed by atoms with Crippen LogP contribution in [0.1, 0.15) is 25.3 Å². The van der Waals surface area contributed by atoms with Crippen LogP contribution in [0.2, 0.25) is 0 Å². The van der Waals surface area contributed by atoms with Gasteiger partial charge in [-0.1, -0.05) is 18.7 Å². The van der Waals surface area contributed by atoms with Gasteiger partial charge >= 0.3 is 0 Å². The number of nitrogens with one attached hydrogen (secondary N) is 1. The number of hydrogen-bond donors (Lipinski definition) is 3. The molecule has 6 nitrogen and oxygen atoms in total. The van der Waals surface area contributed by atoms with Crippen molar-refractivity contribution >= 4 is 22.3 Å². The topological polar surface area (TPSA) is 83.4 Å². The van der Waals surface area contributed by atoms with Gasteiger partial charge in [0.05, 0.1) is 5.70 Å². The van der Waals surface area contributed by atoms with Crippen molar-refractivity contribution in [3.05, 3.63) is 54.5 Å². The summed E-state index contributed by atoms with van der Waals surface area (Å²) < 4.78 is 0. The monoisotopic (exact) mass is 352 g/mol. The highest BCUT2D eigenvalue weighted by Crippen LogP contribution is 2.22. The van der Waals surface area contributed by atoms with Gasteiger partial charge in [-0.25, -0.2) is 10.8 Å². The molecule has 1 aliphatic heterocycles. The zero-order valence-corrected chi connectivity index (χ0v) is 15.6. The number of fused-ring (bicyclic) bond motifs is 1. The maximum Gasteiger partial charge on any atom is 0.130 e. The highest BCUT2D eigenvalue weighted by atomic mass is 15.4. The molecule has 0 aliphatic carbocycles. The van der Waals surface area contributed by atoms with E-state index in [2.05, 4.69) is 28.7 Å². The molecule has 0 spiro atoms. The minimum absolute atomic E-state index is 0.621. The third kappa shape index (κ3) is 4.33. The zero-order chi connectivity index (χ0) is 18.7. The number of nitrogens with two attached hydrogens (primary N) is 2. The summed E-state index contributed by atoms with van der Waals surface area (Å²) in [6.07, 6.45) is 6.08. The van der Waals surface area contributed by atoms with Crippen molar-refractivity contribution in [3.63, 3.8) is 0 Å². The smallest absolute Gasteiger partial charge is 0.130 e. The average molecular weight is 352 g/mol. The van der Waals surface area contributed by atoms with E-state index < -0.39 is 0 Å². The lowest BCUT2D eigenvalue weighted by Gasteiger charge is -2.22. The molecular formula is C20H28N6. The number of anilines is 1. The maximum absolute atomic E-state index is 6.10. The van der Waals surface area contributed by atoms with Gasteiger partial charge in [-0.3, -0.25) is 4.90 Å². The number of nitrogens with zero attached hydrogens (tertiary/aromatic N) is 3. The van der Waals surface area contributed by atoms with Crippen molar-refractivity contribution in [1.29, 1.82) is 0 Å². The SMILES string of the molecule is C=C(CN1CCC[C@H]1C)Nc1cc2cc(/C(N)=C/N(C)N)ccc2cn1. The van der Waals surface area contributed by atoms with E-state index in [1.165, 1.54) is 17.9 Å². The fourth-order valence-corrected chi connectivity index (χ4v) is 3.38. The molecule has 1 aromatic carbocycles. The van der Waals surface area contributed by atoms with Crippen LogP contribution in [0.4, 0.5) is 5.82 Å². The third-order valence-electron chi connectivity index (χ3n) is 4.79. The van der Waals surface area contributed by atoms with Crippen LogP contribution in [0.3, 0.4) is 0 Å². The Morgan fingerprint density at radius 3 is 2.92 bits per heavy atom. The molecule has 0 unspecified atom stereocenters. The zero-order valence-electron chi connectivity index (χ0n) is 15.6. The molecule has 0 saturated carbocycles. The Hall–Kier alpha value is -2.57. The van der Waals surface area contributed by atoms with Gasteiger partial charge < -0.3 is 16.1 Å². The molecule has 0 radical (unpaired) electrons. The molecule has 138 valence electrons. The van der Waals surface area contributed by atoms with Gasteiger partial charge in [0.15, 0.2) is 0 Å². The standard InChI is InChI=1S/C20H28N6/c1-14(12-26-8-4-5-15(26)2)24-20-10-18-9-16(19(21)13-25(3)22)6-7-17(18)11-23-20/h6-7,9-11,13,15H,1,4-5,8,12,21-22H2,2-3H3,(H,23,24)/b19-13-/t15-/m1/s1. The molecule has 2 heterocycles. The van der Waals surface area contributed by atoms with Crippen molar-refractivity contribution in [3.8, 4) is 0 Å². The molecule has 1 aromatic heterocycles. The lowest BCUT2D eigenvalue weighted by molar-refractivity contribution is 0.292. The van der Waals surface area contributed by atoms with Crippen molar-refractivity contribution in [1.82, 2.24) is 14.9 Å². The summed E-state index contributed by atoms with van der Waals surface area (Å²) in [7, 11) is 1.74. The predicted octanol–water partition coefficient (Wildman–Crippen LogP) is 2.71. The van der Waals surface area contributed by atoms with Gasteiger partial charge in [0.1, 0.15) is 5.82 Å². The fourth-order valence-electron chi connectivity index (χ4n) is 3.38. The lowest BCUT2D eigenvalue weighted by atomic mass is 10.1. The molecular weight excluding hydrogens is 324 g/mol. The molecule has 1 saturated heterocycles. The number of benzene rings is 1. The van der Waals surface area contributed by atoms with E-state index in [0.717, 1.165) is 40.9 Å². The van der Waals surface area contributed by atoms with E-state index in [0.29, 0.717) is 11.7 Å². The first-order valence-electron chi connectivity index (χ1n) is 8.96. The summed E-state index contributed by atoms with van der Waals surface area (Å²) in [6.45, 7) is 8.42. The van der Waals surface area contributed by atoms with Gasteiger partial charge in [-0.2, -0.15) is 0 Å². The highest BCUT2D eigenvalue weighted by Gasteiger charge is 2.20. The molecule has 26 heavy (non-hydrogen) atoms. The second-order valence-corrected chi connectivity index (χ2v) is 7.07. The van der Waals surface area contributed by atoms with E-state index in [-0.39, 0.29) is 0 Å². The molecule has 1 atom stereocenters. The number of hydrazine groups is 1. The number of hydrogen-bond acceptors (Lipinski definition) is 6. The summed E-state index contributed by atoms with van der Waals surface area (Å²) in [5.74, 6) is 6.44. The highest BCUT2D eigenvalue weighted by molar-refractivity contribution is 5.87. The van der Waals surface area contributed by atoms with Crippen LogP contribution in [-0.4, -0.2) is 41.1 Å². The second kappa shape index (κ2) is 7.76. The maximum atomic E-state index is 6.10. The molecule has 3 rings (SSSR count). The van der Waals surface area contributed by atoms with Gasteiger partial charge in [0, 0.05) is 43.1 Å². The first-order valence-corrected chi connectivity index (χ1v) is 8.96. The van der Waals surface area contributed by atoms with Crippen molar-refractivity contribution in [2.75, 3.05) is 25.5 Å². The summed E-state index contributed by atoms with van der Waals surface area (Å²) in [4.78, 5) is 6.95. The largest absolute Gasteiger partial charge is 0.397 e. The van der Waals surface area contributed by atoms with Crippen LogP contribution >= 0.6 is 0 Å². The molecule has 5 N–H and O–H groups in total. The first-order chi connectivity index (χ1) is 12.4. The molecule has 0 amide bonds. The summed E-state index contributed by atoms with van der Waals surface area (Å²) in [5.41, 5.74) is 8.61. The van der Waals surface area contributed by atoms with Crippen LogP contribution < -0.4 is 16.9 Å². The Labute approximate surface area is 155 Å². The number of rotatable bonds is 6. The Morgan fingerprint density at radius 2 is 2.23 bits per heavy atom. The van der Waals surface area contributed by atoms with E-state index in [1.807, 2.05) is 30.5 Å². The summed E-state index contributed by atoms with van der Waals surface area (Å²) in [5, 5.41) is 6.92. The minimum atomic E-state index is 0.621. The number of aromatic nitrogens is 1. The second-order valence-electron chi connectivity index (χ2n) is 7.07. The van der Waals surface area contributed by atoms with Crippen LogP contribution in [0.15, 0.2) is 48.9 Å². The molecule has 6 heteroatoms. The minimum Gasteiger partial charge on any atom is -0.397 e. The molecule has 1 fully saturated rings. The number of pyridine rings is 1. The Bertz CT molecular complexity index is 826. The van der Waals surface area contributed by atoms with Crippen molar-refractivity contribution in [2.24, 2.45) is 11.6 Å². The third-order valence-corrected chi connectivity index (χ3v) is 4.79. The van der Waals surface area contributed by atoms with E-state index in [1.54, 1.807) is 13.2 Å². The van der Waals surface area contributed by atoms with Gasteiger partial charge in [0.2, 0.25) is 0 Å². The van der Waals surface area contributed by atoms with Crippen LogP contribution in [0, 0.1) is 0 Å². The van der Waals surface area contributed by atoms with Crippen LogP contribution in [0.25, 0.3) is 16.5 Å². The van der Waals surface area contributed by atoms with Crippen LogP contribution in [0.5, 0.6) is 0 Å². The van der Waals surface area contributed by atoms with E-state index in [4.69, 9.17) is 11.6 Å². The first kappa shape index (κ1) is 18.2. The van der Waals surface area contributed by atoms with Gasteiger partial charge in [-0.05, 0) is 49.4 Å². The van der Waals surface area contributed by atoms with Crippen LogP contribution in [-0.2, 0) is 0 Å². The Balaban J connectivity index is 1.76. The Kier molecular flexibility index (Phi) is 5.44. The lowest BCUT2D eigenvalue weighted by Crippen LogP contribution is -2.30.